The van der Waals surface area contributed by atoms with Crippen LogP contribution in [0.4, 0.5) is 0 Å². The molecule has 20 heavy (non-hydrogen) atoms. The Morgan fingerprint density at radius 1 is 1.45 bits per heavy atom. The Morgan fingerprint density at radius 3 is 2.85 bits per heavy atom. The molecule has 0 saturated carbocycles. The fourth-order valence-corrected chi connectivity index (χ4v) is 2.79. The van der Waals surface area contributed by atoms with Crippen LogP contribution in [0.2, 0.25) is 0 Å². The van der Waals surface area contributed by atoms with Gasteiger partial charge in [-0.2, -0.15) is 0 Å². The molecule has 1 aromatic heterocycles. The van der Waals surface area contributed by atoms with Crippen LogP contribution in [0.5, 0.6) is 5.75 Å². The number of aromatic nitrogens is 1. The highest BCUT2D eigenvalue weighted by molar-refractivity contribution is 7.98. The smallest absolute Gasteiger partial charge is 0.347 e. The number of carboxylic acids is 1. The molecule has 0 atom stereocenters. The van der Waals surface area contributed by atoms with E-state index in [0.717, 1.165) is 27.5 Å². The number of hydrogen-bond acceptors (Lipinski definition) is 5. The van der Waals surface area contributed by atoms with Gasteiger partial charge in [-0.3, -0.25) is 0 Å². The van der Waals surface area contributed by atoms with Crippen molar-refractivity contribution >= 4 is 41.2 Å². The van der Waals surface area contributed by atoms with E-state index in [2.05, 4.69) is 4.98 Å². The summed E-state index contributed by atoms with van der Waals surface area (Å²) >= 11 is 2.77. The third kappa shape index (κ3) is 3.40. The second-order valence-corrected chi connectivity index (χ2v) is 5.73. The SMILES string of the molecule is COc1cc(/C=C/c2ncc(C(=O)O)s2)ccc1SC. The average molecular weight is 307 g/mol. The summed E-state index contributed by atoms with van der Waals surface area (Å²) in [6.45, 7) is 0. The number of methoxy groups -OCH3 is 1. The van der Waals surface area contributed by atoms with E-state index in [1.165, 1.54) is 6.20 Å². The van der Waals surface area contributed by atoms with E-state index in [1.807, 2.05) is 30.5 Å². The van der Waals surface area contributed by atoms with Gasteiger partial charge in [0.15, 0.2) is 0 Å². The Kier molecular flexibility index (Phi) is 4.81. The van der Waals surface area contributed by atoms with Crippen molar-refractivity contribution in [3.05, 3.63) is 39.8 Å². The minimum absolute atomic E-state index is 0.236. The quantitative estimate of drug-likeness (QED) is 0.853. The summed E-state index contributed by atoms with van der Waals surface area (Å²) < 4.78 is 5.32. The molecule has 0 radical (unpaired) electrons. The van der Waals surface area contributed by atoms with Gasteiger partial charge in [-0.15, -0.1) is 23.1 Å². The maximum absolute atomic E-state index is 10.8. The monoisotopic (exact) mass is 307 g/mol. The molecule has 0 amide bonds. The zero-order valence-corrected chi connectivity index (χ0v) is 12.6. The number of nitrogens with zero attached hydrogens (tertiary/aromatic N) is 1. The summed E-state index contributed by atoms with van der Waals surface area (Å²) in [5, 5.41) is 9.50. The summed E-state index contributed by atoms with van der Waals surface area (Å²) in [5.41, 5.74) is 0.978. The van der Waals surface area contributed by atoms with Gasteiger partial charge in [0.1, 0.15) is 15.6 Å². The van der Waals surface area contributed by atoms with Gasteiger partial charge in [-0.1, -0.05) is 12.1 Å². The molecule has 1 heterocycles. The lowest BCUT2D eigenvalue weighted by atomic mass is 10.2. The molecule has 4 nitrogen and oxygen atoms in total. The van der Waals surface area contributed by atoms with E-state index in [9.17, 15) is 4.79 Å². The van der Waals surface area contributed by atoms with Gasteiger partial charge in [-0.05, 0) is 30.0 Å². The van der Waals surface area contributed by atoms with Gasteiger partial charge in [0.25, 0.3) is 0 Å². The van der Waals surface area contributed by atoms with Crippen molar-refractivity contribution in [3.8, 4) is 5.75 Å². The summed E-state index contributed by atoms with van der Waals surface area (Å²) in [5.74, 6) is -0.127. The first kappa shape index (κ1) is 14.6. The lowest BCUT2D eigenvalue weighted by Crippen LogP contribution is -1.89. The van der Waals surface area contributed by atoms with Crippen molar-refractivity contribution in [1.82, 2.24) is 4.98 Å². The van der Waals surface area contributed by atoms with Gasteiger partial charge >= 0.3 is 5.97 Å². The van der Waals surface area contributed by atoms with E-state index < -0.39 is 5.97 Å². The van der Waals surface area contributed by atoms with Crippen LogP contribution in [0.25, 0.3) is 12.2 Å². The van der Waals surface area contributed by atoms with Crippen LogP contribution in [-0.2, 0) is 0 Å². The minimum atomic E-state index is -0.951. The zero-order chi connectivity index (χ0) is 14.5. The topological polar surface area (TPSA) is 59.4 Å². The molecule has 6 heteroatoms. The van der Waals surface area contributed by atoms with Gasteiger partial charge in [0.05, 0.1) is 13.3 Å². The van der Waals surface area contributed by atoms with Crippen molar-refractivity contribution in [2.45, 2.75) is 4.90 Å². The van der Waals surface area contributed by atoms with Gasteiger partial charge in [0, 0.05) is 4.90 Å². The number of aromatic carboxylic acids is 1. The largest absolute Gasteiger partial charge is 0.496 e. The molecule has 2 rings (SSSR count). The van der Waals surface area contributed by atoms with Crippen LogP contribution in [0.3, 0.4) is 0 Å². The van der Waals surface area contributed by atoms with Crippen molar-refractivity contribution in [1.29, 1.82) is 0 Å². The molecule has 0 aliphatic heterocycles. The second-order valence-electron chi connectivity index (χ2n) is 3.82. The van der Waals surface area contributed by atoms with Gasteiger partial charge in [-0.25, -0.2) is 9.78 Å². The third-order valence-corrected chi connectivity index (χ3v) is 4.29. The maximum atomic E-state index is 10.8. The molecule has 0 fully saturated rings. The molecule has 2 aromatic rings. The molecule has 0 spiro atoms. The lowest BCUT2D eigenvalue weighted by molar-refractivity contribution is 0.0702. The number of thioether (sulfide) groups is 1. The fraction of sp³-hybridized carbons (Fsp3) is 0.143. The predicted molar refractivity (Wildman–Crippen MR) is 82.8 cm³/mol. The molecular weight excluding hydrogens is 294 g/mol. The van der Waals surface area contributed by atoms with E-state index in [0.29, 0.717) is 5.01 Å². The number of carbonyl (C=O) groups is 1. The van der Waals surface area contributed by atoms with Crippen LogP contribution < -0.4 is 4.74 Å². The van der Waals surface area contributed by atoms with Crippen LogP contribution in [0.15, 0.2) is 29.3 Å². The molecule has 1 aromatic carbocycles. The van der Waals surface area contributed by atoms with Crippen molar-refractivity contribution in [2.24, 2.45) is 0 Å². The van der Waals surface area contributed by atoms with E-state index in [1.54, 1.807) is 24.9 Å². The first-order valence-corrected chi connectivity index (χ1v) is 7.77. The van der Waals surface area contributed by atoms with Crippen molar-refractivity contribution in [2.75, 3.05) is 13.4 Å². The van der Waals surface area contributed by atoms with Crippen LogP contribution in [-0.4, -0.2) is 29.4 Å². The average Bonchev–Trinajstić information content (AvgIpc) is 2.94. The number of ether oxygens (including phenoxy) is 1. The highest BCUT2D eigenvalue weighted by Gasteiger charge is 2.06. The van der Waals surface area contributed by atoms with Crippen LogP contribution >= 0.6 is 23.1 Å². The first-order valence-electron chi connectivity index (χ1n) is 5.73. The molecular formula is C14H13NO3S2. The highest BCUT2D eigenvalue weighted by atomic mass is 32.2. The lowest BCUT2D eigenvalue weighted by Gasteiger charge is -2.06. The number of rotatable bonds is 5. The fourth-order valence-electron chi connectivity index (χ4n) is 1.59. The number of benzene rings is 1. The molecule has 104 valence electrons. The molecule has 0 unspecified atom stereocenters. The van der Waals surface area contributed by atoms with Gasteiger partial charge < -0.3 is 9.84 Å². The molecule has 0 aliphatic carbocycles. The summed E-state index contributed by atoms with van der Waals surface area (Å²) in [6.07, 6.45) is 7.04. The Balaban J connectivity index is 2.20. The van der Waals surface area contributed by atoms with E-state index in [4.69, 9.17) is 9.84 Å². The standard InChI is InChI=1S/C14H13NO3S2/c1-18-10-7-9(3-5-11(10)19-2)4-6-13-15-8-12(20-13)14(16)17/h3-8H,1-2H3,(H,16,17)/b6-4+. The minimum Gasteiger partial charge on any atom is -0.496 e. The van der Waals surface area contributed by atoms with E-state index >= 15 is 0 Å². The maximum Gasteiger partial charge on any atom is 0.347 e. The first-order chi connectivity index (χ1) is 9.63. The second kappa shape index (κ2) is 6.58. The van der Waals surface area contributed by atoms with Crippen LogP contribution in [0.1, 0.15) is 20.2 Å². The van der Waals surface area contributed by atoms with Crippen LogP contribution in [0, 0.1) is 0 Å². The summed E-state index contributed by atoms with van der Waals surface area (Å²) in [4.78, 5) is 16.1. The Morgan fingerprint density at radius 2 is 2.25 bits per heavy atom. The molecule has 1 N–H and O–H groups in total. The van der Waals surface area contributed by atoms with Crippen molar-refractivity contribution in [3.63, 3.8) is 0 Å². The van der Waals surface area contributed by atoms with E-state index in [-0.39, 0.29) is 4.88 Å². The van der Waals surface area contributed by atoms with Crippen molar-refractivity contribution < 1.29 is 14.6 Å². The van der Waals surface area contributed by atoms with Gasteiger partial charge in [0.2, 0.25) is 0 Å². The summed E-state index contributed by atoms with van der Waals surface area (Å²) in [7, 11) is 1.64. The Hall–Kier alpha value is -1.79. The molecule has 0 saturated heterocycles. The number of thiazole rings is 1. The Labute approximate surface area is 125 Å². The number of hydrogen-bond donors (Lipinski definition) is 1. The third-order valence-electron chi connectivity index (χ3n) is 2.56. The normalized spacial score (nSPS) is 10.9. The molecule has 0 aliphatic rings. The summed E-state index contributed by atoms with van der Waals surface area (Å²) in [6, 6.07) is 5.91. The zero-order valence-electron chi connectivity index (χ0n) is 11.0. The highest BCUT2D eigenvalue weighted by Crippen LogP contribution is 2.29. The number of carboxylic acid groups (broad SMARTS) is 1. The predicted octanol–water partition coefficient (Wildman–Crippen LogP) is 3.74. The molecule has 0 bridgehead atoms. The Bertz CT molecular complexity index is 650.